The number of rotatable bonds is 2. The molecule has 0 radical (unpaired) electrons. The lowest BCUT2D eigenvalue weighted by Gasteiger charge is -2.26. The summed E-state index contributed by atoms with van der Waals surface area (Å²) in [5.74, 6) is 0. The maximum Gasteiger partial charge on any atom is 0.275 e. The van der Waals surface area contributed by atoms with E-state index >= 15 is 0 Å². The van der Waals surface area contributed by atoms with E-state index in [0.29, 0.717) is 6.67 Å². The fourth-order valence-corrected chi connectivity index (χ4v) is 2.43. The third-order valence-electron chi connectivity index (χ3n) is 3.49. The number of ether oxygens (including phenoxy) is 1. The van der Waals surface area contributed by atoms with Crippen molar-refractivity contribution in [1.29, 1.82) is 0 Å². The minimum absolute atomic E-state index is 0.0207. The lowest BCUT2D eigenvalue weighted by Crippen LogP contribution is -2.41. The predicted octanol–water partition coefficient (Wildman–Crippen LogP) is 0.995. The predicted molar refractivity (Wildman–Crippen MR) is 73.1 cm³/mol. The van der Waals surface area contributed by atoms with E-state index in [2.05, 4.69) is 10.00 Å². The van der Waals surface area contributed by atoms with Gasteiger partial charge in [-0.2, -0.15) is 5.10 Å². The van der Waals surface area contributed by atoms with Crippen LogP contribution in [0.3, 0.4) is 0 Å². The molecule has 2 heterocycles. The molecule has 0 aliphatic carbocycles. The molecule has 19 heavy (non-hydrogen) atoms. The molecule has 1 aliphatic rings. The maximum atomic E-state index is 12.4. The van der Waals surface area contributed by atoms with Gasteiger partial charge in [-0.3, -0.25) is 9.69 Å². The van der Waals surface area contributed by atoms with Gasteiger partial charge in [-0.25, -0.2) is 4.68 Å². The molecule has 100 valence electrons. The quantitative estimate of drug-likeness (QED) is 0.807. The maximum absolute atomic E-state index is 12.4. The highest BCUT2D eigenvalue weighted by molar-refractivity contribution is 5.83. The summed E-state index contributed by atoms with van der Waals surface area (Å²) in [4.78, 5) is 14.6. The van der Waals surface area contributed by atoms with E-state index in [1.165, 1.54) is 0 Å². The molecule has 1 aromatic carbocycles. The van der Waals surface area contributed by atoms with Crippen molar-refractivity contribution in [3.63, 3.8) is 0 Å². The van der Waals surface area contributed by atoms with Crippen LogP contribution in [-0.4, -0.2) is 41.0 Å². The second-order valence-electron chi connectivity index (χ2n) is 4.81. The first-order valence-corrected chi connectivity index (χ1v) is 6.52. The summed E-state index contributed by atoms with van der Waals surface area (Å²) < 4.78 is 6.87. The SMILES string of the molecule is Cc1nn(CN2CCOCC2)c(=O)c2ccccc12. The minimum atomic E-state index is -0.0207. The lowest BCUT2D eigenvalue weighted by atomic mass is 10.1. The minimum Gasteiger partial charge on any atom is -0.379 e. The van der Waals surface area contributed by atoms with E-state index in [9.17, 15) is 4.79 Å². The number of aryl methyl sites for hydroxylation is 1. The summed E-state index contributed by atoms with van der Waals surface area (Å²) in [5.41, 5.74) is 0.871. The van der Waals surface area contributed by atoms with Gasteiger partial charge in [-0.05, 0) is 13.0 Å². The molecule has 0 saturated carbocycles. The van der Waals surface area contributed by atoms with Gasteiger partial charge >= 0.3 is 0 Å². The number of fused-ring (bicyclic) bond motifs is 1. The number of hydrogen-bond donors (Lipinski definition) is 0. The van der Waals surface area contributed by atoms with Gasteiger partial charge in [0, 0.05) is 18.5 Å². The Bertz CT molecular complexity index is 645. The smallest absolute Gasteiger partial charge is 0.275 e. The highest BCUT2D eigenvalue weighted by Gasteiger charge is 2.13. The van der Waals surface area contributed by atoms with E-state index < -0.39 is 0 Å². The Balaban J connectivity index is 1.99. The van der Waals surface area contributed by atoms with Gasteiger partial charge in [-0.15, -0.1) is 0 Å². The van der Waals surface area contributed by atoms with Crippen LogP contribution in [-0.2, 0) is 11.4 Å². The fourth-order valence-electron chi connectivity index (χ4n) is 2.43. The van der Waals surface area contributed by atoms with Crippen LogP contribution in [0.1, 0.15) is 5.69 Å². The molecule has 2 aromatic rings. The monoisotopic (exact) mass is 259 g/mol. The van der Waals surface area contributed by atoms with Gasteiger partial charge in [0.25, 0.3) is 5.56 Å². The van der Waals surface area contributed by atoms with E-state index in [-0.39, 0.29) is 5.56 Å². The molecule has 1 fully saturated rings. The highest BCUT2D eigenvalue weighted by Crippen LogP contribution is 2.12. The van der Waals surface area contributed by atoms with E-state index in [1.807, 2.05) is 31.2 Å². The normalized spacial score (nSPS) is 16.9. The highest BCUT2D eigenvalue weighted by atomic mass is 16.5. The van der Waals surface area contributed by atoms with Crippen LogP contribution in [0, 0.1) is 6.92 Å². The van der Waals surface area contributed by atoms with Crippen LogP contribution in [0.15, 0.2) is 29.1 Å². The van der Waals surface area contributed by atoms with E-state index in [0.717, 1.165) is 42.8 Å². The average Bonchev–Trinajstić information content (AvgIpc) is 2.46. The van der Waals surface area contributed by atoms with Gasteiger partial charge in [0.2, 0.25) is 0 Å². The van der Waals surface area contributed by atoms with Gasteiger partial charge < -0.3 is 4.74 Å². The Morgan fingerprint density at radius 1 is 1.21 bits per heavy atom. The third-order valence-corrected chi connectivity index (χ3v) is 3.49. The number of benzene rings is 1. The summed E-state index contributed by atoms with van der Waals surface area (Å²) in [6, 6.07) is 7.63. The molecule has 0 atom stereocenters. The van der Waals surface area contributed by atoms with Crippen LogP contribution in [0.5, 0.6) is 0 Å². The molecule has 0 unspecified atom stereocenters. The Hall–Kier alpha value is -1.72. The summed E-state index contributed by atoms with van der Waals surface area (Å²) in [6.07, 6.45) is 0. The van der Waals surface area contributed by atoms with Crippen molar-refractivity contribution in [2.75, 3.05) is 26.3 Å². The van der Waals surface area contributed by atoms with Gasteiger partial charge in [0.15, 0.2) is 0 Å². The van der Waals surface area contributed by atoms with Crippen LogP contribution >= 0.6 is 0 Å². The van der Waals surface area contributed by atoms with Crippen molar-refractivity contribution in [1.82, 2.24) is 14.7 Å². The molecule has 0 bridgehead atoms. The molecule has 1 aliphatic heterocycles. The Kier molecular flexibility index (Phi) is 3.31. The first kappa shape index (κ1) is 12.3. The zero-order valence-corrected chi connectivity index (χ0v) is 11.0. The largest absolute Gasteiger partial charge is 0.379 e. The molecular formula is C14H17N3O2. The third kappa shape index (κ3) is 2.39. The fraction of sp³-hybridized carbons (Fsp3) is 0.429. The summed E-state index contributed by atoms with van der Waals surface area (Å²) in [5, 5.41) is 6.09. The Morgan fingerprint density at radius 2 is 1.89 bits per heavy atom. The van der Waals surface area contributed by atoms with Crippen LogP contribution in [0.25, 0.3) is 10.8 Å². The second-order valence-corrected chi connectivity index (χ2v) is 4.81. The summed E-state index contributed by atoms with van der Waals surface area (Å²) >= 11 is 0. The van der Waals surface area contributed by atoms with Crippen molar-refractivity contribution in [2.45, 2.75) is 13.6 Å². The molecule has 5 nitrogen and oxygen atoms in total. The molecular weight excluding hydrogens is 242 g/mol. The summed E-state index contributed by atoms with van der Waals surface area (Å²) in [6.45, 7) is 5.62. The van der Waals surface area contributed by atoms with Crippen molar-refractivity contribution in [3.8, 4) is 0 Å². The molecule has 1 aromatic heterocycles. The topological polar surface area (TPSA) is 47.4 Å². The van der Waals surface area contributed by atoms with E-state index in [4.69, 9.17) is 4.74 Å². The van der Waals surface area contributed by atoms with Crippen molar-refractivity contribution < 1.29 is 4.74 Å². The van der Waals surface area contributed by atoms with Crippen LogP contribution in [0.2, 0.25) is 0 Å². The number of hydrogen-bond acceptors (Lipinski definition) is 4. The van der Waals surface area contributed by atoms with Gasteiger partial charge in [-0.1, -0.05) is 18.2 Å². The number of nitrogens with zero attached hydrogens (tertiary/aromatic N) is 3. The Morgan fingerprint density at radius 3 is 2.63 bits per heavy atom. The molecule has 0 N–H and O–H groups in total. The molecule has 5 heteroatoms. The zero-order chi connectivity index (χ0) is 13.2. The first-order chi connectivity index (χ1) is 9.25. The zero-order valence-electron chi connectivity index (χ0n) is 11.0. The van der Waals surface area contributed by atoms with Crippen LogP contribution in [0.4, 0.5) is 0 Å². The first-order valence-electron chi connectivity index (χ1n) is 6.52. The molecule has 3 rings (SSSR count). The van der Waals surface area contributed by atoms with Crippen molar-refractivity contribution in [3.05, 3.63) is 40.3 Å². The second kappa shape index (κ2) is 5.11. The van der Waals surface area contributed by atoms with Crippen molar-refractivity contribution >= 4 is 10.8 Å². The molecule has 0 spiro atoms. The van der Waals surface area contributed by atoms with Crippen molar-refractivity contribution in [2.24, 2.45) is 0 Å². The average molecular weight is 259 g/mol. The van der Waals surface area contributed by atoms with E-state index in [1.54, 1.807) is 4.68 Å². The van der Waals surface area contributed by atoms with Gasteiger partial charge in [0.05, 0.1) is 31.0 Å². The molecule has 1 saturated heterocycles. The van der Waals surface area contributed by atoms with Crippen LogP contribution < -0.4 is 5.56 Å². The standard InChI is InChI=1S/C14H17N3O2/c1-11-12-4-2-3-5-13(12)14(18)17(15-11)10-16-6-8-19-9-7-16/h2-5H,6-10H2,1H3. The number of aromatic nitrogens is 2. The van der Waals surface area contributed by atoms with Gasteiger partial charge in [0.1, 0.15) is 0 Å². The summed E-state index contributed by atoms with van der Waals surface area (Å²) in [7, 11) is 0. The Labute approximate surface area is 111 Å². The number of morpholine rings is 1. The lowest BCUT2D eigenvalue weighted by molar-refractivity contribution is 0.0204. The molecule has 0 amide bonds.